The summed E-state index contributed by atoms with van der Waals surface area (Å²) in [4.78, 5) is 9.97. The van der Waals surface area contributed by atoms with E-state index in [-0.39, 0.29) is 0 Å². The number of hydrogen-bond donors (Lipinski definition) is 2. The minimum Gasteiger partial charge on any atom is -0.733 e. The predicted octanol–water partition coefficient (Wildman–Crippen LogP) is -1.99. The molecule has 0 aromatic heterocycles. The van der Waals surface area contributed by atoms with Crippen LogP contribution in [0, 0.1) is 0 Å². The van der Waals surface area contributed by atoms with Gasteiger partial charge in [0.05, 0.1) is 0 Å². The Labute approximate surface area is 46.9 Å². The maximum Gasteiger partial charge on any atom is 0.231 e. The van der Waals surface area contributed by atoms with Crippen LogP contribution in [-0.4, -0.2) is 15.9 Å². The largest absolute Gasteiger partial charge is 0.733 e. The van der Waals surface area contributed by atoms with Gasteiger partial charge < -0.3 is 28.3 Å². The van der Waals surface area contributed by atoms with Gasteiger partial charge in [0.25, 0.3) is 0 Å². The molecule has 7 heavy (non-hydrogen) atoms. The summed E-state index contributed by atoms with van der Waals surface area (Å²) in [5.41, 5.74) is 1.50. The zero-order chi connectivity index (χ0) is 6.08. The number of carbonyl (C=O) groups excluding carboxylic acids is 1. The molecule has 0 radical (unpaired) electrons. The van der Waals surface area contributed by atoms with Crippen LogP contribution in [0.25, 0.3) is 0 Å². The Morgan fingerprint density at radius 2 is 2.14 bits per heavy atom. The van der Waals surface area contributed by atoms with E-state index in [1.165, 1.54) is 6.92 Å². The van der Waals surface area contributed by atoms with Gasteiger partial charge in [0, 0.05) is 6.92 Å². The third-order valence-corrected chi connectivity index (χ3v) is 0.879. The van der Waals surface area contributed by atoms with E-state index in [0.29, 0.717) is 0 Å². The summed E-state index contributed by atoms with van der Waals surface area (Å²) in [6, 6.07) is 0. The molecule has 4 heteroatoms. The Morgan fingerprint density at radius 3 is 2.14 bits per heavy atom. The maximum absolute atomic E-state index is 9.97. The second kappa shape index (κ2) is 1.73. The van der Waals surface area contributed by atoms with E-state index in [9.17, 15) is 4.79 Å². The summed E-state index contributed by atoms with van der Waals surface area (Å²) < 4.78 is 0. The highest BCUT2D eigenvalue weighted by atomic mass is 32.1. The van der Waals surface area contributed by atoms with Crippen molar-refractivity contribution in [3.05, 3.63) is 0 Å². The first-order valence-corrected chi connectivity index (χ1v) is 2.14. The van der Waals surface area contributed by atoms with Gasteiger partial charge in [-0.1, -0.05) is 0 Å². The fourth-order valence-corrected chi connectivity index (χ4v) is 0. The van der Waals surface area contributed by atoms with Crippen molar-refractivity contribution in [2.24, 2.45) is 0 Å². The zero-order valence-electron chi connectivity index (χ0n) is 3.97. The molecular formula is C3H7NO2S. The van der Waals surface area contributed by atoms with Crippen LogP contribution in [0.4, 0.5) is 0 Å². The number of quaternary nitrogens is 1. The maximum atomic E-state index is 9.97. The van der Waals surface area contributed by atoms with Crippen LogP contribution in [-0.2, 0) is 17.4 Å². The molecule has 0 fully saturated rings. The Hall–Kier alpha value is -0.190. The van der Waals surface area contributed by atoms with Crippen LogP contribution in [0.5, 0.6) is 0 Å². The minimum absolute atomic E-state index is 0.729. The second-order valence-electron chi connectivity index (χ2n) is 1.56. The Bertz CT molecular complexity index is 85.4. The average Bonchev–Trinajstić information content (AvgIpc) is 1.31. The van der Waals surface area contributed by atoms with E-state index in [0.717, 1.165) is 0 Å². The van der Waals surface area contributed by atoms with Gasteiger partial charge in [-0.3, -0.25) is 0 Å². The fourth-order valence-electron chi connectivity index (χ4n) is 0. The molecule has 0 spiro atoms. The van der Waals surface area contributed by atoms with Crippen molar-refractivity contribution >= 4 is 17.7 Å². The summed E-state index contributed by atoms with van der Waals surface area (Å²) in [5, 5.41) is 7.80. The van der Waals surface area contributed by atoms with Gasteiger partial charge in [0.1, 0.15) is 5.12 Å². The van der Waals surface area contributed by atoms with E-state index >= 15 is 0 Å². The van der Waals surface area contributed by atoms with E-state index in [1.54, 1.807) is 0 Å². The van der Waals surface area contributed by atoms with E-state index in [1.807, 2.05) is 0 Å². The SMILES string of the molecule is CC([NH3+])(O)C(=O)[S-]. The quantitative estimate of drug-likeness (QED) is 0.312. The molecular weight excluding hydrogens is 114 g/mol. The van der Waals surface area contributed by atoms with Crippen LogP contribution in [0.1, 0.15) is 6.92 Å². The molecule has 0 aliphatic rings. The van der Waals surface area contributed by atoms with Crippen LogP contribution >= 0.6 is 0 Å². The lowest BCUT2D eigenvalue weighted by Gasteiger charge is -2.14. The van der Waals surface area contributed by atoms with Gasteiger partial charge in [-0.05, 0) is 0 Å². The standard InChI is InChI=1S/C3H7NO2S/c1-3(4,6)2(5)7/h6H,4H2,1H3,(H,5,7). The molecule has 0 heterocycles. The summed E-state index contributed by atoms with van der Waals surface area (Å²) in [5.74, 6) is 0. The van der Waals surface area contributed by atoms with Crippen molar-refractivity contribution in [3.8, 4) is 0 Å². The third kappa shape index (κ3) is 2.50. The summed E-state index contributed by atoms with van der Waals surface area (Å²) >= 11 is 4.06. The first kappa shape index (κ1) is 6.81. The molecule has 4 N–H and O–H groups in total. The van der Waals surface area contributed by atoms with Crippen LogP contribution in [0.2, 0.25) is 0 Å². The molecule has 3 nitrogen and oxygen atoms in total. The molecule has 0 aliphatic carbocycles. The molecule has 0 saturated heterocycles. The average molecular weight is 121 g/mol. The molecule has 42 valence electrons. The predicted molar refractivity (Wildman–Crippen MR) is 25.9 cm³/mol. The van der Waals surface area contributed by atoms with Crippen LogP contribution < -0.4 is 5.73 Å². The highest BCUT2D eigenvalue weighted by Gasteiger charge is 2.16. The first-order valence-electron chi connectivity index (χ1n) is 1.74. The normalized spacial score (nSPS) is 18.1. The van der Waals surface area contributed by atoms with Gasteiger partial charge in [0.15, 0.2) is 0 Å². The highest BCUT2D eigenvalue weighted by Crippen LogP contribution is 1.86. The molecule has 0 bridgehead atoms. The van der Waals surface area contributed by atoms with Gasteiger partial charge in [0.2, 0.25) is 5.72 Å². The van der Waals surface area contributed by atoms with E-state index < -0.39 is 10.8 Å². The van der Waals surface area contributed by atoms with Crippen molar-refractivity contribution in [2.45, 2.75) is 12.6 Å². The van der Waals surface area contributed by atoms with Crippen molar-refractivity contribution in [1.82, 2.24) is 0 Å². The summed E-state index contributed by atoms with van der Waals surface area (Å²) in [7, 11) is 0. The van der Waals surface area contributed by atoms with Crippen molar-refractivity contribution in [3.63, 3.8) is 0 Å². The molecule has 0 aromatic rings. The van der Waals surface area contributed by atoms with Gasteiger partial charge in [-0.2, -0.15) is 0 Å². The van der Waals surface area contributed by atoms with Gasteiger partial charge in [-0.15, -0.1) is 0 Å². The second-order valence-corrected chi connectivity index (χ2v) is 1.93. The molecule has 0 aromatic carbocycles. The van der Waals surface area contributed by atoms with E-state index in [2.05, 4.69) is 18.4 Å². The Balaban J connectivity index is 3.79. The van der Waals surface area contributed by atoms with Crippen molar-refractivity contribution in [2.75, 3.05) is 0 Å². The fraction of sp³-hybridized carbons (Fsp3) is 0.667. The summed E-state index contributed by atoms with van der Waals surface area (Å²) in [6.07, 6.45) is 0. The van der Waals surface area contributed by atoms with Gasteiger partial charge in [-0.25, -0.2) is 0 Å². The summed E-state index contributed by atoms with van der Waals surface area (Å²) in [6.45, 7) is 1.25. The lowest BCUT2D eigenvalue weighted by Crippen LogP contribution is -2.74. The number of carbonyl (C=O) groups is 1. The first-order chi connectivity index (χ1) is 2.94. The molecule has 0 aliphatic heterocycles. The number of rotatable bonds is 1. The smallest absolute Gasteiger partial charge is 0.231 e. The minimum atomic E-state index is -1.57. The van der Waals surface area contributed by atoms with Crippen molar-refractivity contribution in [1.29, 1.82) is 0 Å². The Morgan fingerprint density at radius 1 is 2.00 bits per heavy atom. The van der Waals surface area contributed by atoms with Crippen LogP contribution in [0.3, 0.4) is 0 Å². The lowest BCUT2D eigenvalue weighted by atomic mass is 10.3. The number of hydrogen-bond acceptors (Lipinski definition) is 3. The van der Waals surface area contributed by atoms with Gasteiger partial charge >= 0.3 is 0 Å². The topological polar surface area (TPSA) is 64.9 Å². The Kier molecular flexibility index (Phi) is 1.68. The highest BCUT2D eigenvalue weighted by molar-refractivity contribution is 7.77. The molecule has 0 amide bonds. The monoisotopic (exact) mass is 121 g/mol. The lowest BCUT2D eigenvalue weighted by molar-refractivity contribution is -0.514. The molecule has 1 unspecified atom stereocenters. The van der Waals surface area contributed by atoms with Crippen molar-refractivity contribution < 1.29 is 15.6 Å². The molecule has 1 atom stereocenters. The number of aliphatic hydroxyl groups is 1. The third-order valence-electron chi connectivity index (χ3n) is 0.440. The van der Waals surface area contributed by atoms with Crippen LogP contribution in [0.15, 0.2) is 0 Å². The zero-order valence-corrected chi connectivity index (χ0v) is 4.79. The molecule has 0 saturated carbocycles. The van der Waals surface area contributed by atoms with E-state index in [4.69, 9.17) is 5.11 Å². The molecule has 0 rings (SSSR count).